The molecule has 0 radical (unpaired) electrons. The van der Waals surface area contributed by atoms with E-state index >= 15 is 0 Å². The maximum atomic E-state index is 13.7. The molecule has 0 spiro atoms. The van der Waals surface area contributed by atoms with Crippen molar-refractivity contribution in [3.63, 3.8) is 0 Å². The van der Waals surface area contributed by atoms with E-state index in [0.717, 1.165) is 5.41 Å². The molecule has 0 fully saturated rings. The van der Waals surface area contributed by atoms with Crippen LogP contribution in [0.15, 0.2) is 52.9 Å². The molecule has 3 heterocycles. The third-order valence-electron chi connectivity index (χ3n) is 4.65. The molecule has 2 aromatic carbocycles. The van der Waals surface area contributed by atoms with Crippen molar-refractivity contribution in [1.29, 1.82) is 0 Å². The molecule has 4 aromatic rings. The van der Waals surface area contributed by atoms with Crippen molar-refractivity contribution in [1.82, 2.24) is 20.2 Å². The Hall–Kier alpha value is -3.79. The summed E-state index contributed by atoms with van der Waals surface area (Å²) in [6.07, 6.45) is 3.05. The number of sulfone groups is 1. The third kappa shape index (κ3) is 2.81. The lowest BCUT2D eigenvalue weighted by molar-refractivity contribution is 0.605. The van der Waals surface area contributed by atoms with E-state index in [9.17, 15) is 12.8 Å². The fourth-order valence-corrected chi connectivity index (χ4v) is 4.53. The van der Waals surface area contributed by atoms with Gasteiger partial charge in [0.15, 0.2) is 15.7 Å². The summed E-state index contributed by atoms with van der Waals surface area (Å²) in [6.45, 7) is 0. The lowest BCUT2D eigenvalue weighted by Crippen LogP contribution is -2.03. The zero-order valence-corrected chi connectivity index (χ0v) is 15.5. The van der Waals surface area contributed by atoms with E-state index in [0.29, 0.717) is 39.2 Å². The summed E-state index contributed by atoms with van der Waals surface area (Å²) in [6, 6.07) is 9.23. The number of nitrogens with one attached hydrogen (secondary N) is 2. The predicted molar refractivity (Wildman–Crippen MR) is 107 cm³/mol. The molecule has 2 aromatic heterocycles. The summed E-state index contributed by atoms with van der Waals surface area (Å²) in [5, 5.41) is 11.8. The number of fused-ring (bicyclic) bond motifs is 2. The van der Waals surface area contributed by atoms with Gasteiger partial charge in [-0.15, -0.1) is 0 Å². The summed E-state index contributed by atoms with van der Waals surface area (Å²) >= 11 is 0. The fraction of sp³-hybridized carbons (Fsp3) is 0. The van der Waals surface area contributed by atoms with Gasteiger partial charge in [0.05, 0.1) is 10.4 Å². The Balaban J connectivity index is 1.67. The highest BCUT2D eigenvalue weighted by Crippen LogP contribution is 2.38. The highest BCUT2D eigenvalue weighted by molar-refractivity contribution is 7.94. The second-order valence-electron chi connectivity index (χ2n) is 6.44. The molecule has 0 atom stereocenters. The van der Waals surface area contributed by atoms with Gasteiger partial charge in [-0.1, -0.05) is 12.1 Å². The predicted octanol–water partition coefficient (Wildman–Crippen LogP) is 3.24. The average molecular weight is 408 g/mol. The maximum Gasteiger partial charge on any atom is 0.221 e. The summed E-state index contributed by atoms with van der Waals surface area (Å²) < 4.78 is 38.1. The molecule has 4 N–H and O–H groups in total. The molecular weight excluding hydrogens is 395 g/mol. The van der Waals surface area contributed by atoms with Crippen LogP contribution in [-0.2, 0) is 9.84 Å². The smallest absolute Gasteiger partial charge is 0.221 e. The van der Waals surface area contributed by atoms with Crippen LogP contribution in [-0.4, -0.2) is 28.6 Å². The van der Waals surface area contributed by atoms with Gasteiger partial charge in [-0.2, -0.15) is 10.1 Å². The average Bonchev–Trinajstić information content (AvgIpc) is 3.23. The van der Waals surface area contributed by atoms with Crippen LogP contribution in [0, 0.1) is 5.82 Å². The van der Waals surface area contributed by atoms with E-state index in [2.05, 4.69) is 25.5 Å². The van der Waals surface area contributed by atoms with E-state index < -0.39 is 15.7 Å². The third-order valence-corrected chi connectivity index (χ3v) is 6.11. The normalized spacial score (nSPS) is 14.2. The van der Waals surface area contributed by atoms with E-state index in [4.69, 9.17) is 5.73 Å². The van der Waals surface area contributed by atoms with E-state index in [-0.39, 0.29) is 10.8 Å². The van der Waals surface area contributed by atoms with Gasteiger partial charge >= 0.3 is 0 Å². The van der Waals surface area contributed by atoms with Gasteiger partial charge < -0.3 is 11.1 Å². The zero-order valence-electron chi connectivity index (χ0n) is 14.7. The topological polar surface area (TPSA) is 127 Å². The number of nitrogens with two attached hydrogens (primary N) is 1. The second kappa shape index (κ2) is 6.11. The van der Waals surface area contributed by atoms with Gasteiger partial charge in [0.25, 0.3) is 0 Å². The molecule has 0 unspecified atom stereocenters. The molecule has 0 amide bonds. The Morgan fingerprint density at radius 1 is 1.10 bits per heavy atom. The number of benzene rings is 2. The summed E-state index contributed by atoms with van der Waals surface area (Å²) in [5.74, 6) is 0.300. The lowest BCUT2D eigenvalue weighted by Gasteiger charge is -2.12. The summed E-state index contributed by atoms with van der Waals surface area (Å²) in [7, 11) is -3.47. The first kappa shape index (κ1) is 17.3. The first-order chi connectivity index (χ1) is 13.9. The van der Waals surface area contributed by atoms with Gasteiger partial charge in [0, 0.05) is 28.1 Å². The van der Waals surface area contributed by atoms with Gasteiger partial charge in [-0.25, -0.2) is 17.8 Å². The molecule has 0 aliphatic carbocycles. The Morgan fingerprint density at radius 2 is 1.97 bits per heavy atom. The van der Waals surface area contributed by atoms with Crippen molar-refractivity contribution in [3.05, 3.63) is 59.4 Å². The van der Waals surface area contributed by atoms with Gasteiger partial charge in [-0.3, -0.25) is 5.10 Å². The quantitative estimate of drug-likeness (QED) is 0.475. The second-order valence-corrected chi connectivity index (χ2v) is 8.24. The standard InChI is InChI=1S/C19H13FN6O2S/c20-10-4-5-15-13(8-10)18(26-25-15)23-17-14(9-22-19(21)24-17)11-2-1-3-16-12(11)6-7-29(16,27)28/h1-9H,(H4,21,22,23,24,25,26). The summed E-state index contributed by atoms with van der Waals surface area (Å²) in [5.41, 5.74) is 8.11. The molecule has 10 heteroatoms. The molecule has 1 aliphatic rings. The maximum absolute atomic E-state index is 13.7. The van der Waals surface area contributed by atoms with Gasteiger partial charge in [-0.05, 0) is 35.9 Å². The van der Waals surface area contributed by atoms with E-state index in [1.807, 2.05) is 0 Å². The van der Waals surface area contributed by atoms with Crippen LogP contribution in [0.2, 0.25) is 0 Å². The van der Waals surface area contributed by atoms with Crippen LogP contribution < -0.4 is 11.1 Å². The monoisotopic (exact) mass is 408 g/mol. The van der Waals surface area contributed by atoms with Crippen LogP contribution in [0.5, 0.6) is 0 Å². The van der Waals surface area contributed by atoms with Gasteiger partial charge in [0.2, 0.25) is 5.95 Å². The van der Waals surface area contributed by atoms with Crippen molar-refractivity contribution in [3.8, 4) is 11.1 Å². The van der Waals surface area contributed by atoms with Crippen molar-refractivity contribution in [2.75, 3.05) is 11.1 Å². The first-order valence-corrected chi connectivity index (χ1v) is 10.1. The zero-order chi connectivity index (χ0) is 20.2. The number of anilines is 3. The van der Waals surface area contributed by atoms with Crippen LogP contribution in [0.1, 0.15) is 5.56 Å². The van der Waals surface area contributed by atoms with E-state index in [1.54, 1.807) is 30.3 Å². The molecule has 8 nitrogen and oxygen atoms in total. The Morgan fingerprint density at radius 3 is 2.83 bits per heavy atom. The minimum atomic E-state index is -3.47. The number of rotatable bonds is 3. The largest absolute Gasteiger partial charge is 0.368 e. The Bertz CT molecular complexity index is 1430. The fourth-order valence-electron chi connectivity index (χ4n) is 3.31. The van der Waals surface area contributed by atoms with Gasteiger partial charge in [0.1, 0.15) is 11.6 Å². The molecule has 1 aliphatic heterocycles. The molecule has 0 saturated heterocycles. The number of hydrogen-bond donors (Lipinski definition) is 3. The molecule has 0 saturated carbocycles. The minimum absolute atomic E-state index is 0.0259. The highest BCUT2D eigenvalue weighted by atomic mass is 32.2. The number of aromatic amines is 1. The van der Waals surface area contributed by atoms with Crippen LogP contribution >= 0.6 is 0 Å². The molecule has 0 bridgehead atoms. The molecule has 29 heavy (non-hydrogen) atoms. The van der Waals surface area contributed by atoms with Crippen LogP contribution in [0.4, 0.5) is 22.0 Å². The number of nitrogen functional groups attached to an aromatic ring is 1. The number of H-pyrrole nitrogens is 1. The van der Waals surface area contributed by atoms with Crippen molar-refractivity contribution in [2.45, 2.75) is 4.90 Å². The van der Waals surface area contributed by atoms with E-state index in [1.165, 1.54) is 18.3 Å². The minimum Gasteiger partial charge on any atom is -0.368 e. The lowest BCUT2D eigenvalue weighted by atomic mass is 10.0. The SMILES string of the molecule is Nc1ncc(-c2cccc3c2C=CS3(=O)=O)c(Nc2n[nH]c3ccc(F)cc23)n1. The molecule has 144 valence electrons. The van der Waals surface area contributed by atoms with Crippen molar-refractivity contribution >= 4 is 44.4 Å². The van der Waals surface area contributed by atoms with Crippen LogP contribution in [0.3, 0.4) is 0 Å². The number of hydrogen-bond acceptors (Lipinski definition) is 7. The Labute approximate surface area is 164 Å². The number of aromatic nitrogens is 4. The Kier molecular flexibility index (Phi) is 3.65. The first-order valence-electron chi connectivity index (χ1n) is 8.52. The highest BCUT2D eigenvalue weighted by Gasteiger charge is 2.24. The van der Waals surface area contributed by atoms with Crippen molar-refractivity contribution in [2.24, 2.45) is 0 Å². The molecular formula is C19H13FN6O2S. The molecule has 5 rings (SSSR count). The number of halogens is 1. The number of nitrogens with zero attached hydrogens (tertiary/aromatic N) is 3. The van der Waals surface area contributed by atoms with Crippen LogP contribution in [0.25, 0.3) is 28.1 Å². The summed E-state index contributed by atoms with van der Waals surface area (Å²) in [4.78, 5) is 8.51. The van der Waals surface area contributed by atoms with Crippen molar-refractivity contribution < 1.29 is 12.8 Å².